The fourth-order valence-corrected chi connectivity index (χ4v) is 4.83. The Hall–Kier alpha value is -5.95. The number of hydrogen-bond acceptors (Lipinski definition) is 8. The Labute approximate surface area is 272 Å². The number of anilines is 1. The summed E-state index contributed by atoms with van der Waals surface area (Å²) in [6.07, 6.45) is 1.07. The molecule has 0 atom stereocenters. The van der Waals surface area contributed by atoms with E-state index in [1.807, 2.05) is 50.2 Å². The normalized spacial score (nSPS) is 11.0. The Bertz CT molecular complexity index is 1950. The molecule has 0 spiro atoms. The van der Waals surface area contributed by atoms with Crippen LogP contribution in [0.2, 0.25) is 5.02 Å². The highest BCUT2D eigenvalue weighted by molar-refractivity contribution is 6.31. The first-order chi connectivity index (χ1) is 22.6. The molecule has 0 unspecified atom stereocenters. The Morgan fingerprint density at radius 2 is 1.77 bits per heavy atom. The van der Waals surface area contributed by atoms with Gasteiger partial charge < -0.3 is 23.8 Å². The van der Waals surface area contributed by atoms with E-state index in [1.54, 1.807) is 6.07 Å². The predicted molar refractivity (Wildman–Crippen MR) is 172 cm³/mol. The molecule has 0 bridgehead atoms. The van der Waals surface area contributed by atoms with Crippen LogP contribution in [0.25, 0.3) is 5.69 Å². The predicted octanol–water partition coefficient (Wildman–Crippen LogP) is 6.75. The fraction of sp³-hybridized carbons (Fsp3) is 0.121. The van der Waals surface area contributed by atoms with Crippen molar-refractivity contribution in [2.45, 2.75) is 20.5 Å². The molecule has 0 aliphatic rings. The minimum atomic E-state index is -0.744. The third-order valence-corrected chi connectivity index (χ3v) is 6.94. The van der Waals surface area contributed by atoms with E-state index in [9.17, 15) is 24.1 Å². The van der Waals surface area contributed by atoms with Crippen LogP contribution in [-0.4, -0.2) is 34.1 Å². The number of ether oxygens (including phenoxy) is 2. The first-order valence-electron chi connectivity index (χ1n) is 14.0. The molecule has 2 amide bonds. The Morgan fingerprint density at radius 1 is 1.02 bits per heavy atom. The first-order valence-corrected chi connectivity index (χ1v) is 14.4. The summed E-state index contributed by atoms with van der Waals surface area (Å²) in [4.78, 5) is 36.0. The maximum Gasteiger partial charge on any atom is 0.313 e. The van der Waals surface area contributed by atoms with Gasteiger partial charge in [-0.1, -0.05) is 17.7 Å². The highest BCUT2D eigenvalue weighted by Gasteiger charge is 2.22. The van der Waals surface area contributed by atoms with Gasteiger partial charge in [-0.05, 0) is 86.6 Å². The molecule has 2 N–H and O–H groups in total. The topological polar surface area (TPSA) is 150 Å². The van der Waals surface area contributed by atoms with Crippen molar-refractivity contribution in [1.82, 2.24) is 9.99 Å². The van der Waals surface area contributed by atoms with Gasteiger partial charge in [0, 0.05) is 39.4 Å². The Balaban J connectivity index is 1.19. The molecule has 2 heterocycles. The number of amides is 2. The van der Waals surface area contributed by atoms with Crippen molar-refractivity contribution in [3.05, 3.63) is 134 Å². The number of nitrogens with zero attached hydrogens (tertiary/aromatic N) is 3. The quantitative estimate of drug-likeness (QED) is 0.0854. The van der Waals surface area contributed by atoms with Crippen LogP contribution >= 0.6 is 11.6 Å². The van der Waals surface area contributed by atoms with Crippen molar-refractivity contribution in [1.29, 1.82) is 0 Å². The number of aryl methyl sites for hydroxylation is 2. The zero-order valence-electron chi connectivity index (χ0n) is 25.0. The molecule has 3 aromatic carbocycles. The molecule has 0 aliphatic carbocycles. The highest BCUT2D eigenvalue weighted by atomic mass is 35.5. The molecule has 0 radical (unpaired) electrons. The number of hydrogen-bond donors (Lipinski definition) is 2. The Morgan fingerprint density at radius 3 is 2.47 bits per heavy atom. The van der Waals surface area contributed by atoms with Crippen molar-refractivity contribution in [3.63, 3.8) is 0 Å². The molecule has 12 nitrogen and oxygen atoms in total. The van der Waals surface area contributed by atoms with Crippen molar-refractivity contribution in [2.24, 2.45) is 5.10 Å². The number of carbonyl (C=O) groups excluding carboxylic acids is 2. The molecular formula is C33H27ClFN5O7. The first kappa shape index (κ1) is 32.4. The average molecular weight is 660 g/mol. The summed E-state index contributed by atoms with van der Waals surface area (Å²) in [7, 11) is 0. The van der Waals surface area contributed by atoms with Crippen LogP contribution in [0.5, 0.6) is 11.5 Å². The van der Waals surface area contributed by atoms with Gasteiger partial charge in [0.15, 0.2) is 12.4 Å². The SMILES string of the molecule is Cc1ccc(C)n1-c1ccc(OCc2ccc(C(=O)N/N=C/c3cc(Cl)cc([N+](=O)[O-])c3OCC(=O)Nc3cccc(F)c3)o2)cc1. The molecule has 5 rings (SSSR count). The van der Waals surface area contributed by atoms with E-state index in [2.05, 4.69) is 20.4 Å². The standard InChI is InChI=1S/C33H27ClFN5O7/c1-20-6-7-21(2)39(20)26-8-10-27(11-9-26)45-18-28-12-13-30(47-28)33(42)38-36-17-22-14-23(34)15-29(40(43)44)32(22)46-19-31(41)37-25-5-3-4-24(35)16-25/h3-17H,18-19H2,1-2H3,(H,37,41)(H,38,42)/b36-17+. The average Bonchev–Trinajstić information content (AvgIpc) is 3.65. The van der Waals surface area contributed by atoms with Gasteiger partial charge >= 0.3 is 11.6 Å². The van der Waals surface area contributed by atoms with Crippen molar-refractivity contribution >= 4 is 41.0 Å². The van der Waals surface area contributed by atoms with E-state index in [0.717, 1.165) is 35.4 Å². The summed E-state index contributed by atoms with van der Waals surface area (Å²) in [6.45, 7) is 3.48. The maximum atomic E-state index is 13.4. The zero-order chi connectivity index (χ0) is 33.5. The number of nitro benzene ring substituents is 1. The summed E-state index contributed by atoms with van der Waals surface area (Å²) >= 11 is 6.06. The van der Waals surface area contributed by atoms with Gasteiger partial charge in [-0.3, -0.25) is 19.7 Å². The van der Waals surface area contributed by atoms with Gasteiger partial charge in [0.1, 0.15) is 23.9 Å². The largest absolute Gasteiger partial charge is 0.486 e. The number of aromatic nitrogens is 1. The van der Waals surface area contributed by atoms with Crippen LogP contribution in [0.1, 0.15) is 33.3 Å². The van der Waals surface area contributed by atoms with E-state index in [4.69, 9.17) is 25.5 Å². The van der Waals surface area contributed by atoms with E-state index in [0.29, 0.717) is 11.5 Å². The monoisotopic (exact) mass is 659 g/mol. The number of furan rings is 1. The second-order valence-corrected chi connectivity index (χ2v) is 10.6. The number of rotatable bonds is 12. The molecule has 2 aromatic heterocycles. The van der Waals surface area contributed by atoms with Gasteiger partial charge in [0.2, 0.25) is 5.75 Å². The van der Waals surface area contributed by atoms with E-state index < -0.39 is 34.8 Å². The molecular weight excluding hydrogens is 633 g/mol. The third kappa shape index (κ3) is 8.21. The van der Waals surface area contributed by atoms with E-state index >= 15 is 0 Å². The summed E-state index contributed by atoms with van der Waals surface area (Å²) in [5.41, 5.74) is 5.16. The van der Waals surface area contributed by atoms with Crippen LogP contribution in [0.4, 0.5) is 15.8 Å². The van der Waals surface area contributed by atoms with Crippen molar-refractivity contribution < 1.29 is 32.8 Å². The number of halogens is 2. The van der Waals surface area contributed by atoms with Crippen LogP contribution in [-0.2, 0) is 11.4 Å². The second kappa shape index (κ2) is 14.4. The highest BCUT2D eigenvalue weighted by Crippen LogP contribution is 2.34. The van der Waals surface area contributed by atoms with Crippen molar-refractivity contribution in [2.75, 3.05) is 11.9 Å². The number of nitro groups is 1. The van der Waals surface area contributed by atoms with Gasteiger partial charge in [0.05, 0.1) is 11.1 Å². The van der Waals surface area contributed by atoms with Crippen molar-refractivity contribution in [3.8, 4) is 17.2 Å². The summed E-state index contributed by atoms with van der Waals surface area (Å²) in [5.74, 6) is -1.35. The lowest BCUT2D eigenvalue weighted by Gasteiger charge is -2.11. The third-order valence-electron chi connectivity index (χ3n) is 6.72. The summed E-state index contributed by atoms with van der Waals surface area (Å²) in [6, 6.07) is 22.2. The zero-order valence-corrected chi connectivity index (χ0v) is 25.8. The van der Waals surface area contributed by atoms with E-state index in [-0.39, 0.29) is 34.4 Å². The smallest absolute Gasteiger partial charge is 0.313 e. The molecule has 14 heteroatoms. The minimum Gasteiger partial charge on any atom is -0.486 e. The second-order valence-electron chi connectivity index (χ2n) is 10.1. The molecule has 5 aromatic rings. The summed E-state index contributed by atoms with van der Waals surface area (Å²) < 4.78 is 32.4. The van der Waals surface area contributed by atoms with Crippen LogP contribution in [0, 0.1) is 29.8 Å². The number of carbonyl (C=O) groups is 2. The van der Waals surface area contributed by atoms with Crippen LogP contribution in [0.15, 0.2) is 94.4 Å². The van der Waals surface area contributed by atoms with Crippen LogP contribution < -0.4 is 20.2 Å². The molecule has 0 fully saturated rings. The maximum absolute atomic E-state index is 13.4. The molecule has 0 saturated heterocycles. The number of benzene rings is 3. The minimum absolute atomic E-state index is 0.00436. The summed E-state index contributed by atoms with van der Waals surface area (Å²) in [5, 5.41) is 18.0. The van der Waals surface area contributed by atoms with Gasteiger partial charge in [-0.15, -0.1) is 0 Å². The lowest BCUT2D eigenvalue weighted by atomic mass is 10.2. The molecule has 0 saturated carbocycles. The molecule has 0 aliphatic heterocycles. The fourth-order valence-electron chi connectivity index (χ4n) is 4.60. The number of nitrogens with one attached hydrogen (secondary N) is 2. The van der Waals surface area contributed by atoms with Gasteiger partial charge in [0.25, 0.3) is 5.91 Å². The van der Waals surface area contributed by atoms with Gasteiger partial charge in [-0.25, -0.2) is 9.82 Å². The number of hydrazone groups is 1. The Kier molecular flexibility index (Phi) is 9.96. The van der Waals surface area contributed by atoms with Crippen LogP contribution in [0.3, 0.4) is 0 Å². The van der Waals surface area contributed by atoms with E-state index in [1.165, 1.54) is 30.3 Å². The lowest BCUT2D eigenvalue weighted by molar-refractivity contribution is -0.385. The lowest BCUT2D eigenvalue weighted by Crippen LogP contribution is -2.21. The molecule has 47 heavy (non-hydrogen) atoms. The molecule has 240 valence electrons. The van der Waals surface area contributed by atoms with Gasteiger partial charge in [-0.2, -0.15) is 5.10 Å².